The van der Waals surface area contributed by atoms with Crippen LogP contribution < -0.4 is 0 Å². The van der Waals surface area contributed by atoms with Crippen molar-refractivity contribution in [3.8, 4) is 0 Å². The SMILES string of the molecule is CCCCCCCCCCC(Br)C(=O)Cl.CCCCCCCCCCC(SCCSC(CCCCCCCCCC)C(=O)O)C(=O)O. The van der Waals surface area contributed by atoms with Crippen molar-refractivity contribution in [1.29, 1.82) is 0 Å². The lowest BCUT2D eigenvalue weighted by atomic mass is 10.1. The molecule has 0 aliphatic carbocycles. The molecule has 0 aromatic carbocycles. The van der Waals surface area contributed by atoms with Crippen molar-refractivity contribution in [2.75, 3.05) is 11.5 Å². The van der Waals surface area contributed by atoms with Crippen molar-refractivity contribution < 1.29 is 24.6 Å². The summed E-state index contributed by atoms with van der Waals surface area (Å²) in [6.07, 6.45) is 32.2. The maximum Gasteiger partial charge on any atom is 0.316 e. The first-order chi connectivity index (χ1) is 22.7. The van der Waals surface area contributed by atoms with Crippen molar-refractivity contribution in [1.82, 2.24) is 0 Å². The normalized spacial score (nSPS) is 13.0. The number of carbonyl (C=O) groups excluding carboxylic acids is 1. The third kappa shape index (κ3) is 37.2. The number of carboxylic acid groups (broad SMARTS) is 2. The van der Waals surface area contributed by atoms with Crippen LogP contribution in [0.3, 0.4) is 0 Å². The summed E-state index contributed by atoms with van der Waals surface area (Å²) in [4.78, 5) is 33.6. The Bertz CT molecular complexity index is 676. The second-order valence-electron chi connectivity index (χ2n) is 13.0. The van der Waals surface area contributed by atoms with Crippen LogP contribution in [0.5, 0.6) is 0 Å². The van der Waals surface area contributed by atoms with Gasteiger partial charge in [-0.05, 0) is 30.9 Å². The van der Waals surface area contributed by atoms with E-state index in [-0.39, 0.29) is 20.6 Å². The van der Waals surface area contributed by atoms with Gasteiger partial charge in [-0.25, -0.2) is 0 Å². The topological polar surface area (TPSA) is 91.7 Å². The van der Waals surface area contributed by atoms with E-state index in [9.17, 15) is 24.6 Å². The first-order valence-electron chi connectivity index (χ1n) is 19.2. The van der Waals surface area contributed by atoms with Gasteiger partial charge in [-0.15, -0.1) is 23.5 Å². The number of hydrogen-bond donors (Lipinski definition) is 2. The number of aliphatic carboxylic acids is 2. The lowest BCUT2D eigenvalue weighted by Gasteiger charge is -2.14. The van der Waals surface area contributed by atoms with Gasteiger partial charge in [-0.1, -0.05) is 191 Å². The molecule has 0 bridgehead atoms. The van der Waals surface area contributed by atoms with Crippen LogP contribution in [0.1, 0.15) is 194 Å². The fourth-order valence-electron chi connectivity index (χ4n) is 5.44. The molecular weight excluding hydrogens is 716 g/mol. The Morgan fingerprint density at radius 1 is 0.489 bits per heavy atom. The molecule has 9 heteroatoms. The molecule has 0 radical (unpaired) electrons. The van der Waals surface area contributed by atoms with Gasteiger partial charge in [0.2, 0.25) is 5.24 Å². The first kappa shape index (κ1) is 49.2. The number of halogens is 2. The van der Waals surface area contributed by atoms with Gasteiger partial charge in [0.1, 0.15) is 10.5 Å². The molecule has 280 valence electrons. The predicted octanol–water partition coefficient (Wildman–Crippen LogP) is 13.5. The van der Waals surface area contributed by atoms with Crippen LogP contribution in [-0.2, 0) is 14.4 Å². The third-order valence-corrected chi connectivity index (χ3v) is 12.7. The lowest BCUT2D eigenvalue weighted by molar-refractivity contribution is -0.137. The minimum atomic E-state index is -0.725. The van der Waals surface area contributed by atoms with Gasteiger partial charge in [0.15, 0.2) is 0 Å². The monoisotopic (exact) mass is 786 g/mol. The second kappa shape index (κ2) is 38.9. The predicted molar refractivity (Wildman–Crippen MR) is 213 cm³/mol. The van der Waals surface area contributed by atoms with Crippen LogP contribution in [0.4, 0.5) is 0 Å². The number of hydrogen-bond acceptors (Lipinski definition) is 5. The van der Waals surface area contributed by atoms with E-state index < -0.39 is 11.9 Å². The van der Waals surface area contributed by atoms with E-state index in [2.05, 4.69) is 36.7 Å². The smallest absolute Gasteiger partial charge is 0.316 e. The van der Waals surface area contributed by atoms with Gasteiger partial charge in [0.05, 0.1) is 4.83 Å². The molecule has 0 heterocycles. The fraction of sp³-hybridized carbons (Fsp3) is 0.921. The van der Waals surface area contributed by atoms with Gasteiger partial charge in [0.25, 0.3) is 0 Å². The number of unbranched alkanes of at least 4 members (excludes halogenated alkanes) is 21. The lowest BCUT2D eigenvalue weighted by Crippen LogP contribution is -2.19. The summed E-state index contributed by atoms with van der Waals surface area (Å²) in [7, 11) is 0. The van der Waals surface area contributed by atoms with E-state index in [1.165, 1.54) is 146 Å². The highest BCUT2D eigenvalue weighted by atomic mass is 79.9. The molecule has 3 atom stereocenters. The fourth-order valence-corrected chi connectivity index (χ4v) is 8.16. The van der Waals surface area contributed by atoms with E-state index in [0.29, 0.717) is 11.5 Å². The van der Waals surface area contributed by atoms with E-state index >= 15 is 0 Å². The minimum Gasteiger partial charge on any atom is -0.480 e. The molecule has 0 saturated heterocycles. The van der Waals surface area contributed by atoms with Gasteiger partial charge >= 0.3 is 11.9 Å². The summed E-state index contributed by atoms with van der Waals surface area (Å²) in [6, 6.07) is 0. The summed E-state index contributed by atoms with van der Waals surface area (Å²) < 4.78 is 0. The van der Waals surface area contributed by atoms with Crippen LogP contribution in [-0.4, -0.2) is 54.2 Å². The molecule has 0 amide bonds. The summed E-state index contributed by atoms with van der Waals surface area (Å²) >= 11 is 11.6. The number of thioether (sulfide) groups is 2. The largest absolute Gasteiger partial charge is 0.480 e. The highest BCUT2D eigenvalue weighted by Gasteiger charge is 2.20. The number of carboxylic acids is 2. The summed E-state index contributed by atoms with van der Waals surface area (Å²) in [5, 5.41) is 18.0. The van der Waals surface area contributed by atoms with Crippen LogP contribution in [0, 0.1) is 0 Å². The molecule has 0 aliphatic heterocycles. The van der Waals surface area contributed by atoms with Crippen molar-refractivity contribution in [2.24, 2.45) is 0 Å². The molecule has 0 spiro atoms. The summed E-state index contributed by atoms with van der Waals surface area (Å²) in [5.41, 5.74) is 0. The maximum atomic E-state index is 11.5. The van der Waals surface area contributed by atoms with E-state index in [1.807, 2.05) is 0 Å². The Kier molecular flexibility index (Phi) is 40.7. The number of carbonyl (C=O) groups is 3. The van der Waals surface area contributed by atoms with Crippen LogP contribution in [0.2, 0.25) is 0 Å². The van der Waals surface area contributed by atoms with Crippen molar-refractivity contribution >= 4 is 68.2 Å². The van der Waals surface area contributed by atoms with Gasteiger partial charge in [-0.2, -0.15) is 0 Å². The Morgan fingerprint density at radius 2 is 0.745 bits per heavy atom. The molecule has 0 aromatic rings. The van der Waals surface area contributed by atoms with Crippen LogP contribution in [0.15, 0.2) is 0 Å². The molecule has 0 rings (SSSR count). The Morgan fingerprint density at radius 3 is 1.00 bits per heavy atom. The Balaban J connectivity index is 0. The van der Waals surface area contributed by atoms with Gasteiger partial charge in [0, 0.05) is 11.5 Å². The zero-order valence-electron chi connectivity index (χ0n) is 30.4. The maximum absolute atomic E-state index is 11.5. The standard InChI is InChI=1S/C26H50O4S2.C12H22BrClO/c1-3-5-7-9-11-13-15-17-19-23(25(27)28)31-21-22-32-24(26(29)30)20-18-16-14-12-10-8-6-4-2;1-2-3-4-5-6-7-8-9-10-11(13)12(14)15/h23-24H,3-22H2,1-2H3,(H,27,28)(H,29,30);11H,2-10H2,1H3. The highest BCUT2D eigenvalue weighted by molar-refractivity contribution is 9.10. The second-order valence-corrected chi connectivity index (χ2v) is 17.1. The first-order valence-corrected chi connectivity index (χ1v) is 22.6. The van der Waals surface area contributed by atoms with E-state index in [4.69, 9.17) is 11.6 Å². The van der Waals surface area contributed by atoms with Crippen molar-refractivity contribution in [3.63, 3.8) is 0 Å². The number of rotatable bonds is 35. The Labute approximate surface area is 312 Å². The van der Waals surface area contributed by atoms with Crippen LogP contribution in [0.25, 0.3) is 0 Å². The molecule has 47 heavy (non-hydrogen) atoms. The van der Waals surface area contributed by atoms with E-state index in [1.54, 1.807) is 0 Å². The zero-order chi connectivity index (χ0) is 35.4. The quantitative estimate of drug-likeness (QED) is 0.0375. The molecule has 3 unspecified atom stereocenters. The molecule has 5 nitrogen and oxygen atoms in total. The molecule has 0 aliphatic rings. The minimum absolute atomic E-state index is 0.140. The average Bonchev–Trinajstić information content (AvgIpc) is 3.04. The average molecular weight is 788 g/mol. The highest BCUT2D eigenvalue weighted by Crippen LogP contribution is 2.24. The molecule has 0 saturated carbocycles. The summed E-state index contributed by atoms with van der Waals surface area (Å²) in [6.45, 7) is 6.68. The molecular formula is C38H72BrClO5S2. The third-order valence-electron chi connectivity index (χ3n) is 8.47. The number of alkyl halides is 1. The Hall–Kier alpha value is 0.0800. The van der Waals surface area contributed by atoms with Crippen LogP contribution >= 0.6 is 51.1 Å². The van der Waals surface area contributed by atoms with Gasteiger partial charge < -0.3 is 10.2 Å². The van der Waals surface area contributed by atoms with E-state index in [0.717, 1.165) is 51.4 Å². The van der Waals surface area contributed by atoms with Crippen molar-refractivity contribution in [3.05, 3.63) is 0 Å². The zero-order valence-corrected chi connectivity index (χ0v) is 34.4. The molecule has 2 N–H and O–H groups in total. The van der Waals surface area contributed by atoms with Gasteiger partial charge in [-0.3, -0.25) is 14.4 Å². The molecule has 0 fully saturated rings. The van der Waals surface area contributed by atoms with Crippen molar-refractivity contribution in [2.45, 2.75) is 209 Å². The molecule has 0 aromatic heterocycles. The summed E-state index contributed by atoms with van der Waals surface area (Å²) in [5.74, 6) is -0.0342.